The van der Waals surface area contributed by atoms with Gasteiger partial charge in [-0.2, -0.15) is 0 Å². The highest BCUT2D eigenvalue weighted by Gasteiger charge is 2.20. The molecule has 1 aromatic carbocycles. The van der Waals surface area contributed by atoms with E-state index in [1.807, 2.05) is 0 Å². The lowest BCUT2D eigenvalue weighted by molar-refractivity contribution is 0.159. The molecule has 2 heterocycles. The predicted molar refractivity (Wildman–Crippen MR) is 84.8 cm³/mol. The summed E-state index contributed by atoms with van der Waals surface area (Å²) in [5.41, 5.74) is 1.09. The van der Waals surface area contributed by atoms with Gasteiger partial charge in [0.2, 0.25) is 5.95 Å². The molecular formula is C16H17FN4O3. The Morgan fingerprint density at radius 2 is 2.12 bits per heavy atom. The van der Waals surface area contributed by atoms with Gasteiger partial charge in [-0.15, -0.1) is 0 Å². The number of cyclic esters (lactones) is 1. The van der Waals surface area contributed by atoms with Crippen molar-refractivity contribution in [3.63, 3.8) is 0 Å². The Kier molecular flexibility index (Phi) is 4.85. The van der Waals surface area contributed by atoms with Crippen molar-refractivity contribution in [1.82, 2.24) is 14.9 Å². The molecule has 2 aromatic rings. The maximum atomic E-state index is 14.2. The highest BCUT2D eigenvalue weighted by atomic mass is 19.1. The second-order valence-corrected chi connectivity index (χ2v) is 5.26. The van der Waals surface area contributed by atoms with Gasteiger partial charge >= 0.3 is 6.09 Å². The molecule has 1 amide bonds. The van der Waals surface area contributed by atoms with E-state index in [4.69, 9.17) is 9.84 Å². The van der Waals surface area contributed by atoms with Gasteiger partial charge in [0.25, 0.3) is 0 Å². The molecule has 8 heteroatoms. The van der Waals surface area contributed by atoms with Crippen LogP contribution in [0.5, 0.6) is 0 Å². The number of halogens is 1. The first-order valence-electron chi connectivity index (χ1n) is 7.55. The SMILES string of the molecule is O=C1OCCN1CCNc1ncc(-c2cccc(CO)c2F)cn1. The number of aromatic nitrogens is 2. The lowest BCUT2D eigenvalue weighted by Crippen LogP contribution is -2.30. The third kappa shape index (κ3) is 3.43. The topological polar surface area (TPSA) is 87.6 Å². The van der Waals surface area contributed by atoms with E-state index in [-0.39, 0.29) is 18.3 Å². The normalized spacial score (nSPS) is 13.9. The summed E-state index contributed by atoms with van der Waals surface area (Å²) in [4.78, 5) is 21.2. The number of nitrogens with one attached hydrogen (secondary N) is 1. The molecule has 1 saturated heterocycles. The number of hydrogen-bond donors (Lipinski definition) is 2. The molecule has 1 aromatic heterocycles. The number of aliphatic hydroxyl groups is 1. The van der Waals surface area contributed by atoms with Gasteiger partial charge in [0, 0.05) is 42.2 Å². The van der Waals surface area contributed by atoms with E-state index in [0.29, 0.717) is 43.3 Å². The van der Waals surface area contributed by atoms with Gasteiger partial charge in [-0.05, 0) is 0 Å². The number of amides is 1. The quantitative estimate of drug-likeness (QED) is 0.836. The molecule has 0 spiro atoms. The second-order valence-electron chi connectivity index (χ2n) is 5.26. The third-order valence-corrected chi connectivity index (χ3v) is 3.72. The van der Waals surface area contributed by atoms with Crippen LogP contribution in [0.25, 0.3) is 11.1 Å². The van der Waals surface area contributed by atoms with Gasteiger partial charge in [0.15, 0.2) is 0 Å². The van der Waals surface area contributed by atoms with E-state index < -0.39 is 5.82 Å². The number of benzene rings is 1. The van der Waals surface area contributed by atoms with Crippen LogP contribution in [0, 0.1) is 5.82 Å². The minimum atomic E-state index is -0.475. The first kappa shape index (κ1) is 16.1. The summed E-state index contributed by atoms with van der Waals surface area (Å²) < 4.78 is 19.0. The fourth-order valence-electron chi connectivity index (χ4n) is 2.41. The Hall–Kier alpha value is -2.74. The molecule has 0 bridgehead atoms. The Bertz CT molecular complexity index is 724. The predicted octanol–water partition coefficient (Wildman–Crippen LogP) is 1.64. The molecule has 0 saturated carbocycles. The van der Waals surface area contributed by atoms with Crippen molar-refractivity contribution in [2.45, 2.75) is 6.61 Å². The monoisotopic (exact) mass is 332 g/mol. The fourth-order valence-corrected chi connectivity index (χ4v) is 2.41. The summed E-state index contributed by atoms with van der Waals surface area (Å²) in [5.74, 6) is -0.0816. The van der Waals surface area contributed by atoms with Gasteiger partial charge in [-0.3, -0.25) is 0 Å². The smallest absolute Gasteiger partial charge is 0.409 e. The van der Waals surface area contributed by atoms with Crippen molar-refractivity contribution in [1.29, 1.82) is 0 Å². The average molecular weight is 332 g/mol. The van der Waals surface area contributed by atoms with Crippen LogP contribution in [0.3, 0.4) is 0 Å². The molecule has 0 aliphatic carbocycles. The van der Waals surface area contributed by atoms with E-state index in [9.17, 15) is 9.18 Å². The maximum Gasteiger partial charge on any atom is 0.409 e. The maximum absolute atomic E-state index is 14.2. The van der Waals surface area contributed by atoms with Crippen LogP contribution in [0.15, 0.2) is 30.6 Å². The molecule has 2 N–H and O–H groups in total. The van der Waals surface area contributed by atoms with E-state index in [2.05, 4.69) is 15.3 Å². The van der Waals surface area contributed by atoms with E-state index >= 15 is 0 Å². The summed E-state index contributed by atoms with van der Waals surface area (Å²) in [6.45, 7) is 1.63. The van der Waals surface area contributed by atoms with Gasteiger partial charge in [0.05, 0.1) is 13.2 Å². The van der Waals surface area contributed by atoms with Crippen LogP contribution in [0.2, 0.25) is 0 Å². The van der Waals surface area contributed by atoms with Crippen molar-refractivity contribution < 1.29 is 19.0 Å². The molecular weight excluding hydrogens is 315 g/mol. The number of anilines is 1. The highest BCUT2D eigenvalue weighted by Crippen LogP contribution is 2.24. The van der Waals surface area contributed by atoms with E-state index in [0.717, 1.165) is 0 Å². The molecule has 1 aliphatic rings. The zero-order valence-electron chi connectivity index (χ0n) is 12.9. The standard InChI is InChI=1S/C16H17FN4O3/c17-14-11(10-22)2-1-3-13(14)12-8-19-15(20-9-12)18-4-5-21-6-7-24-16(21)23/h1-3,8-9,22H,4-7,10H2,(H,18,19,20). The van der Waals surface area contributed by atoms with Gasteiger partial charge in [-0.1, -0.05) is 18.2 Å². The van der Waals surface area contributed by atoms with Gasteiger partial charge < -0.3 is 20.1 Å². The third-order valence-electron chi connectivity index (χ3n) is 3.72. The highest BCUT2D eigenvalue weighted by molar-refractivity contribution is 5.69. The molecule has 24 heavy (non-hydrogen) atoms. The number of hydrogen-bond acceptors (Lipinski definition) is 6. The summed E-state index contributed by atoms with van der Waals surface area (Å²) in [6.07, 6.45) is 2.71. The second kappa shape index (κ2) is 7.22. The largest absolute Gasteiger partial charge is 0.448 e. The number of carbonyl (C=O) groups excluding carboxylic acids is 1. The Labute approximate surface area is 138 Å². The van der Waals surface area contributed by atoms with E-state index in [1.165, 1.54) is 18.5 Å². The molecule has 3 rings (SSSR count). The van der Waals surface area contributed by atoms with Crippen LogP contribution >= 0.6 is 0 Å². The van der Waals surface area contributed by atoms with Crippen LogP contribution in [-0.4, -0.2) is 52.3 Å². The molecule has 1 aliphatic heterocycles. The number of nitrogens with zero attached hydrogens (tertiary/aromatic N) is 3. The minimum absolute atomic E-state index is 0.229. The van der Waals surface area contributed by atoms with Crippen molar-refractivity contribution in [3.8, 4) is 11.1 Å². The number of ether oxygens (including phenoxy) is 1. The molecule has 7 nitrogen and oxygen atoms in total. The number of carbonyl (C=O) groups is 1. The Balaban J connectivity index is 1.62. The van der Waals surface area contributed by atoms with Crippen LogP contribution in [0.1, 0.15) is 5.56 Å². The molecule has 0 unspecified atom stereocenters. The average Bonchev–Trinajstić information content (AvgIpc) is 3.01. The molecule has 0 atom stereocenters. The summed E-state index contributed by atoms with van der Waals surface area (Å²) in [7, 11) is 0. The summed E-state index contributed by atoms with van der Waals surface area (Å²) in [5, 5.41) is 12.1. The first-order valence-corrected chi connectivity index (χ1v) is 7.55. The van der Waals surface area contributed by atoms with E-state index in [1.54, 1.807) is 17.0 Å². The van der Waals surface area contributed by atoms with Crippen molar-refractivity contribution in [3.05, 3.63) is 42.0 Å². The summed E-state index contributed by atoms with van der Waals surface area (Å²) >= 11 is 0. The van der Waals surface area contributed by atoms with Crippen LogP contribution < -0.4 is 5.32 Å². The Morgan fingerprint density at radius 3 is 2.79 bits per heavy atom. The lowest BCUT2D eigenvalue weighted by atomic mass is 10.1. The Morgan fingerprint density at radius 1 is 1.33 bits per heavy atom. The van der Waals surface area contributed by atoms with Crippen LogP contribution in [0.4, 0.5) is 15.1 Å². The first-order chi connectivity index (χ1) is 11.7. The van der Waals surface area contributed by atoms with Crippen molar-refractivity contribution >= 4 is 12.0 Å². The van der Waals surface area contributed by atoms with Crippen molar-refractivity contribution in [2.24, 2.45) is 0 Å². The van der Waals surface area contributed by atoms with Crippen molar-refractivity contribution in [2.75, 3.05) is 31.6 Å². The molecule has 126 valence electrons. The van der Waals surface area contributed by atoms with Gasteiger partial charge in [0.1, 0.15) is 12.4 Å². The number of rotatable bonds is 6. The van der Waals surface area contributed by atoms with Gasteiger partial charge in [-0.25, -0.2) is 19.2 Å². The molecule has 0 radical (unpaired) electrons. The number of aliphatic hydroxyl groups excluding tert-OH is 1. The minimum Gasteiger partial charge on any atom is -0.448 e. The zero-order chi connectivity index (χ0) is 16.9. The zero-order valence-corrected chi connectivity index (χ0v) is 12.9. The lowest BCUT2D eigenvalue weighted by Gasteiger charge is -2.13. The molecule has 1 fully saturated rings. The van der Waals surface area contributed by atoms with Crippen LogP contribution in [-0.2, 0) is 11.3 Å². The fraction of sp³-hybridized carbons (Fsp3) is 0.312. The summed E-state index contributed by atoms with van der Waals surface area (Å²) in [6, 6.07) is 4.81.